The van der Waals surface area contributed by atoms with E-state index in [-0.39, 0.29) is 21.9 Å². The molecule has 0 amide bonds. The summed E-state index contributed by atoms with van der Waals surface area (Å²) in [5.74, 6) is -0.646. The Morgan fingerprint density at radius 3 is 2.70 bits per heavy atom. The molecule has 0 unspecified atom stereocenters. The third kappa shape index (κ3) is 4.30. The lowest BCUT2D eigenvalue weighted by molar-refractivity contribution is -0.00803. The molecule has 9 heteroatoms. The number of hydrogen-bond donors (Lipinski definition) is 1. The normalized spacial score (nSPS) is 17.2. The maximum atomic E-state index is 12.5. The summed E-state index contributed by atoms with van der Waals surface area (Å²) in [6, 6.07) is 1.42. The molecule has 0 aromatic carbocycles. The summed E-state index contributed by atoms with van der Waals surface area (Å²) in [6.45, 7) is 7.03. The Morgan fingerprint density at radius 1 is 1.43 bits per heavy atom. The number of methoxy groups -OCH3 is 1. The van der Waals surface area contributed by atoms with Gasteiger partial charge in [-0.3, -0.25) is 4.90 Å². The Labute approximate surface area is 140 Å². The second kappa shape index (κ2) is 7.27. The van der Waals surface area contributed by atoms with Gasteiger partial charge in [-0.05, 0) is 25.3 Å². The highest BCUT2D eigenvalue weighted by molar-refractivity contribution is 7.89. The van der Waals surface area contributed by atoms with Gasteiger partial charge in [-0.15, -0.1) is 11.3 Å². The summed E-state index contributed by atoms with van der Waals surface area (Å²) in [5, 5.41) is 1.56. The van der Waals surface area contributed by atoms with E-state index in [0.717, 1.165) is 24.4 Å². The lowest BCUT2D eigenvalue weighted by atomic mass is 10.0. The fraction of sp³-hybridized carbons (Fsp3) is 0.643. The molecule has 0 spiro atoms. The molecule has 2 heterocycles. The number of hydrogen-bond acceptors (Lipinski definition) is 7. The van der Waals surface area contributed by atoms with E-state index in [9.17, 15) is 13.2 Å². The molecule has 7 nitrogen and oxygen atoms in total. The molecule has 0 aliphatic carbocycles. The number of thiophene rings is 1. The fourth-order valence-corrected chi connectivity index (χ4v) is 4.92. The number of carbonyl (C=O) groups is 1. The summed E-state index contributed by atoms with van der Waals surface area (Å²) < 4.78 is 37.6. The summed E-state index contributed by atoms with van der Waals surface area (Å²) in [7, 11) is -2.54. The van der Waals surface area contributed by atoms with Crippen LogP contribution in [0.2, 0.25) is 0 Å². The van der Waals surface area contributed by atoms with Gasteiger partial charge in [0.25, 0.3) is 0 Å². The third-order valence-corrected chi connectivity index (χ3v) is 6.32. The van der Waals surface area contributed by atoms with Crippen molar-refractivity contribution in [2.75, 3.05) is 40.0 Å². The number of sulfonamides is 1. The minimum Gasteiger partial charge on any atom is -0.465 e. The van der Waals surface area contributed by atoms with E-state index in [1.165, 1.54) is 13.2 Å². The molecule has 0 bridgehead atoms. The molecule has 0 atom stereocenters. The molecule has 0 saturated carbocycles. The molecule has 0 radical (unpaired) electrons. The van der Waals surface area contributed by atoms with E-state index in [2.05, 4.69) is 14.4 Å². The molecule has 23 heavy (non-hydrogen) atoms. The van der Waals surface area contributed by atoms with Crippen LogP contribution in [0.1, 0.15) is 23.5 Å². The maximum Gasteiger partial charge on any atom is 0.349 e. The minimum atomic E-state index is -3.77. The summed E-state index contributed by atoms with van der Waals surface area (Å²) in [5.41, 5.74) is -0.349. The topological polar surface area (TPSA) is 84.9 Å². The van der Waals surface area contributed by atoms with E-state index in [1.54, 1.807) is 5.38 Å². The van der Waals surface area contributed by atoms with Crippen molar-refractivity contribution in [1.29, 1.82) is 0 Å². The number of morpholine rings is 1. The van der Waals surface area contributed by atoms with Crippen molar-refractivity contribution in [3.05, 3.63) is 16.3 Å². The highest BCUT2D eigenvalue weighted by atomic mass is 32.2. The number of rotatable bonds is 6. The molecule has 1 aromatic rings. The van der Waals surface area contributed by atoms with Gasteiger partial charge in [-0.1, -0.05) is 0 Å². The lowest BCUT2D eigenvalue weighted by Crippen LogP contribution is -2.55. The highest BCUT2D eigenvalue weighted by Gasteiger charge is 2.31. The molecule has 1 saturated heterocycles. The van der Waals surface area contributed by atoms with Gasteiger partial charge in [0, 0.05) is 25.2 Å². The zero-order chi connectivity index (χ0) is 17.1. The first kappa shape index (κ1) is 18.3. The second-order valence-corrected chi connectivity index (χ2v) is 8.49. The van der Waals surface area contributed by atoms with Crippen LogP contribution in [0, 0.1) is 0 Å². The maximum absolute atomic E-state index is 12.5. The molecule has 130 valence electrons. The van der Waals surface area contributed by atoms with Crippen molar-refractivity contribution in [2.24, 2.45) is 0 Å². The average Bonchev–Trinajstić information content (AvgIpc) is 3.04. The van der Waals surface area contributed by atoms with Gasteiger partial charge in [0.15, 0.2) is 0 Å². The van der Waals surface area contributed by atoms with Gasteiger partial charge in [0.2, 0.25) is 10.0 Å². The monoisotopic (exact) mass is 362 g/mol. The summed E-state index contributed by atoms with van der Waals surface area (Å²) >= 11 is 1.05. The fourth-order valence-electron chi connectivity index (χ4n) is 2.38. The Bertz CT molecular complexity index is 648. The number of esters is 1. The second-order valence-electron chi connectivity index (χ2n) is 5.84. The highest BCUT2D eigenvalue weighted by Crippen LogP contribution is 2.23. The van der Waals surface area contributed by atoms with Crippen molar-refractivity contribution in [3.63, 3.8) is 0 Å². The average molecular weight is 362 g/mol. The smallest absolute Gasteiger partial charge is 0.349 e. The zero-order valence-electron chi connectivity index (χ0n) is 13.5. The van der Waals surface area contributed by atoms with Gasteiger partial charge in [-0.2, -0.15) is 0 Å². The van der Waals surface area contributed by atoms with Gasteiger partial charge in [-0.25, -0.2) is 17.9 Å². The number of nitrogens with one attached hydrogen (secondary N) is 1. The largest absolute Gasteiger partial charge is 0.465 e. The van der Waals surface area contributed by atoms with Crippen molar-refractivity contribution in [2.45, 2.75) is 24.3 Å². The molecule has 1 aliphatic heterocycles. The standard InChI is InChI=1S/C14H22N2O5S2/c1-14(2,16-5-7-21-8-6-16)10-15-23(18,19)11-4-9-22-12(11)13(17)20-3/h4,9,15H,5-8,10H2,1-3H3. The predicted molar refractivity (Wildman–Crippen MR) is 87.3 cm³/mol. The molecule has 2 rings (SSSR count). The molecular formula is C14H22N2O5S2. The van der Waals surface area contributed by atoms with E-state index in [4.69, 9.17) is 4.74 Å². The van der Waals surface area contributed by atoms with E-state index < -0.39 is 16.0 Å². The van der Waals surface area contributed by atoms with Crippen LogP contribution < -0.4 is 4.72 Å². The summed E-state index contributed by atoms with van der Waals surface area (Å²) in [4.78, 5) is 13.9. The van der Waals surface area contributed by atoms with Crippen molar-refractivity contribution in [3.8, 4) is 0 Å². The quantitative estimate of drug-likeness (QED) is 0.758. The Balaban J connectivity index is 2.09. The third-order valence-electron chi connectivity index (χ3n) is 3.85. The molecule has 1 aromatic heterocycles. The van der Waals surface area contributed by atoms with Crippen LogP contribution >= 0.6 is 11.3 Å². The van der Waals surface area contributed by atoms with Gasteiger partial charge >= 0.3 is 5.97 Å². The molecule has 1 N–H and O–H groups in total. The van der Waals surface area contributed by atoms with E-state index >= 15 is 0 Å². The first-order chi connectivity index (χ1) is 10.8. The van der Waals surface area contributed by atoms with Crippen LogP contribution in [0.15, 0.2) is 16.3 Å². The van der Waals surface area contributed by atoms with Crippen LogP contribution in [0.4, 0.5) is 0 Å². The SMILES string of the molecule is COC(=O)c1sccc1S(=O)(=O)NCC(C)(C)N1CCOCC1. The first-order valence-corrected chi connectivity index (χ1v) is 9.62. The zero-order valence-corrected chi connectivity index (χ0v) is 15.1. The van der Waals surface area contributed by atoms with Crippen molar-refractivity contribution in [1.82, 2.24) is 9.62 Å². The van der Waals surface area contributed by atoms with Gasteiger partial charge in [0.1, 0.15) is 9.77 Å². The summed E-state index contributed by atoms with van der Waals surface area (Å²) in [6.07, 6.45) is 0. The predicted octanol–water partition coefficient (Wildman–Crippen LogP) is 0.924. The van der Waals surface area contributed by atoms with Crippen LogP contribution in [0.25, 0.3) is 0 Å². The van der Waals surface area contributed by atoms with E-state index in [1.807, 2.05) is 13.8 Å². The van der Waals surface area contributed by atoms with Crippen LogP contribution in [0.3, 0.4) is 0 Å². The minimum absolute atomic E-state index is 0.0351. The number of nitrogens with zero attached hydrogens (tertiary/aromatic N) is 1. The first-order valence-electron chi connectivity index (χ1n) is 7.26. The van der Waals surface area contributed by atoms with Crippen LogP contribution in [-0.4, -0.2) is 64.8 Å². The molecular weight excluding hydrogens is 340 g/mol. The van der Waals surface area contributed by atoms with Crippen molar-refractivity contribution >= 4 is 27.3 Å². The van der Waals surface area contributed by atoms with E-state index in [0.29, 0.717) is 13.2 Å². The molecule has 1 aliphatic rings. The lowest BCUT2D eigenvalue weighted by Gasteiger charge is -2.40. The Kier molecular flexibility index (Phi) is 5.79. The van der Waals surface area contributed by atoms with Crippen LogP contribution in [-0.2, 0) is 19.5 Å². The van der Waals surface area contributed by atoms with Crippen molar-refractivity contribution < 1.29 is 22.7 Å². The Morgan fingerprint density at radius 2 is 2.09 bits per heavy atom. The van der Waals surface area contributed by atoms with Gasteiger partial charge < -0.3 is 9.47 Å². The number of ether oxygens (including phenoxy) is 2. The molecule has 1 fully saturated rings. The number of carbonyl (C=O) groups excluding carboxylic acids is 1. The Hall–Kier alpha value is -1.00. The van der Waals surface area contributed by atoms with Crippen LogP contribution in [0.5, 0.6) is 0 Å². The van der Waals surface area contributed by atoms with Gasteiger partial charge in [0.05, 0.1) is 20.3 Å².